The summed E-state index contributed by atoms with van der Waals surface area (Å²) in [6, 6.07) is 16.3. The van der Waals surface area contributed by atoms with Crippen molar-refractivity contribution in [1.82, 2.24) is 0 Å². The lowest BCUT2D eigenvalue weighted by Gasteiger charge is -2.21. The zero-order valence-corrected chi connectivity index (χ0v) is 13.4. The van der Waals surface area contributed by atoms with E-state index in [0.29, 0.717) is 6.61 Å². The maximum Gasteiger partial charge on any atom is 0.122 e. The summed E-state index contributed by atoms with van der Waals surface area (Å²) in [5.41, 5.74) is 9.90. The maximum atomic E-state index is 6.17. The van der Waals surface area contributed by atoms with Crippen LogP contribution < -0.4 is 10.5 Å². The van der Waals surface area contributed by atoms with Crippen molar-refractivity contribution in [3.05, 3.63) is 65.2 Å². The summed E-state index contributed by atoms with van der Waals surface area (Å²) < 4.78 is 5.90. The summed E-state index contributed by atoms with van der Waals surface area (Å²) in [6.45, 7) is 9.22. The zero-order valence-electron chi connectivity index (χ0n) is 13.4. The van der Waals surface area contributed by atoms with Crippen LogP contribution in [0.1, 0.15) is 43.5 Å². The molecule has 21 heavy (non-hydrogen) atoms. The molecular formula is C19H25NO. The molecule has 0 aliphatic rings. The Hall–Kier alpha value is -1.80. The fourth-order valence-electron chi connectivity index (χ4n) is 2.25. The van der Waals surface area contributed by atoms with Crippen LogP contribution in [0.2, 0.25) is 0 Å². The molecule has 0 heterocycles. The second-order valence-electron chi connectivity index (χ2n) is 6.56. The summed E-state index contributed by atoms with van der Waals surface area (Å²) >= 11 is 0. The van der Waals surface area contributed by atoms with Crippen molar-refractivity contribution in [3.63, 3.8) is 0 Å². The molecule has 2 N–H and O–H groups in total. The quantitative estimate of drug-likeness (QED) is 0.904. The molecule has 0 saturated carbocycles. The van der Waals surface area contributed by atoms with Gasteiger partial charge in [-0.3, -0.25) is 0 Å². The monoisotopic (exact) mass is 283 g/mol. The minimum Gasteiger partial charge on any atom is -0.491 e. The van der Waals surface area contributed by atoms with Crippen LogP contribution in [0.15, 0.2) is 48.5 Å². The van der Waals surface area contributed by atoms with Crippen LogP contribution in [0.5, 0.6) is 5.75 Å². The highest BCUT2D eigenvalue weighted by Crippen LogP contribution is 2.28. The highest BCUT2D eigenvalue weighted by molar-refractivity contribution is 5.38. The highest BCUT2D eigenvalue weighted by Gasteiger charge is 2.15. The van der Waals surface area contributed by atoms with Gasteiger partial charge in [-0.1, -0.05) is 63.2 Å². The van der Waals surface area contributed by atoms with E-state index in [1.54, 1.807) is 0 Å². The van der Waals surface area contributed by atoms with Crippen LogP contribution in [0.4, 0.5) is 0 Å². The molecule has 2 aromatic rings. The maximum absolute atomic E-state index is 6.17. The van der Waals surface area contributed by atoms with E-state index in [1.165, 1.54) is 5.56 Å². The molecule has 1 atom stereocenters. The molecule has 112 valence electrons. The first-order valence-electron chi connectivity index (χ1n) is 7.42. The molecule has 2 nitrogen and oxygen atoms in total. The lowest BCUT2D eigenvalue weighted by molar-refractivity contribution is 0.288. The summed E-state index contributed by atoms with van der Waals surface area (Å²) in [6.07, 6.45) is 0. The van der Waals surface area contributed by atoms with Crippen LogP contribution in [0, 0.1) is 6.92 Å². The predicted octanol–water partition coefficient (Wildman–Crippen LogP) is 4.37. The molecule has 0 saturated heterocycles. The molecule has 0 aliphatic carbocycles. The fourth-order valence-corrected chi connectivity index (χ4v) is 2.25. The van der Waals surface area contributed by atoms with Crippen LogP contribution in [-0.4, -0.2) is 6.61 Å². The van der Waals surface area contributed by atoms with E-state index in [-0.39, 0.29) is 11.5 Å². The Morgan fingerprint density at radius 3 is 2.29 bits per heavy atom. The summed E-state index contributed by atoms with van der Waals surface area (Å²) in [7, 11) is 0. The third kappa shape index (κ3) is 4.08. The number of hydrogen-bond acceptors (Lipinski definition) is 2. The number of aryl methyl sites for hydroxylation is 1. The average molecular weight is 283 g/mol. The number of hydrogen-bond donors (Lipinski definition) is 1. The molecule has 2 heteroatoms. The van der Waals surface area contributed by atoms with Crippen molar-refractivity contribution in [2.24, 2.45) is 5.73 Å². The Morgan fingerprint density at radius 2 is 1.71 bits per heavy atom. The Balaban J connectivity index is 2.04. The fraction of sp³-hybridized carbons (Fsp3) is 0.368. The van der Waals surface area contributed by atoms with Crippen LogP contribution in [0.25, 0.3) is 0 Å². The minimum atomic E-state index is -0.104. The lowest BCUT2D eigenvalue weighted by atomic mass is 9.86. The van der Waals surface area contributed by atoms with Crippen molar-refractivity contribution in [3.8, 4) is 5.75 Å². The van der Waals surface area contributed by atoms with Gasteiger partial charge in [-0.05, 0) is 35.1 Å². The summed E-state index contributed by atoms with van der Waals surface area (Å²) in [4.78, 5) is 0. The number of benzene rings is 2. The van der Waals surface area contributed by atoms with Gasteiger partial charge in [0.15, 0.2) is 0 Å². The van der Waals surface area contributed by atoms with Crippen LogP contribution in [0.3, 0.4) is 0 Å². The van der Waals surface area contributed by atoms with E-state index in [4.69, 9.17) is 10.5 Å². The van der Waals surface area contributed by atoms with Crippen molar-refractivity contribution < 1.29 is 4.74 Å². The van der Waals surface area contributed by atoms with Crippen molar-refractivity contribution in [1.29, 1.82) is 0 Å². The summed E-state index contributed by atoms with van der Waals surface area (Å²) in [5, 5.41) is 0. The van der Waals surface area contributed by atoms with Gasteiger partial charge >= 0.3 is 0 Å². The van der Waals surface area contributed by atoms with Crippen molar-refractivity contribution in [2.75, 3.05) is 6.61 Å². The van der Waals surface area contributed by atoms with E-state index in [0.717, 1.165) is 16.9 Å². The Bertz CT molecular complexity index is 584. The first kappa shape index (κ1) is 15.6. The van der Waals surface area contributed by atoms with Gasteiger partial charge in [-0.25, -0.2) is 0 Å². The minimum absolute atomic E-state index is 0.104. The number of rotatable bonds is 4. The molecule has 0 aromatic heterocycles. The molecule has 0 fully saturated rings. The first-order valence-corrected chi connectivity index (χ1v) is 7.42. The molecular weight excluding hydrogens is 258 g/mol. The highest BCUT2D eigenvalue weighted by atomic mass is 16.5. The Labute approximate surface area is 127 Å². The van der Waals surface area contributed by atoms with E-state index in [2.05, 4.69) is 39.8 Å². The number of nitrogens with two attached hydrogens (primary N) is 1. The Morgan fingerprint density at radius 1 is 1.05 bits per heavy atom. The molecule has 1 unspecified atom stereocenters. The van der Waals surface area contributed by atoms with Crippen molar-refractivity contribution in [2.45, 2.75) is 39.2 Å². The third-order valence-corrected chi connectivity index (χ3v) is 3.69. The molecule has 2 aromatic carbocycles. The average Bonchev–Trinajstić information content (AvgIpc) is 2.45. The molecule has 0 bridgehead atoms. The molecule has 0 radical (unpaired) electrons. The van der Waals surface area contributed by atoms with Gasteiger partial charge in [-0.15, -0.1) is 0 Å². The van der Waals surface area contributed by atoms with E-state index in [9.17, 15) is 0 Å². The smallest absolute Gasteiger partial charge is 0.122 e. The largest absolute Gasteiger partial charge is 0.491 e. The van der Waals surface area contributed by atoms with Gasteiger partial charge in [0.25, 0.3) is 0 Å². The second kappa shape index (κ2) is 6.31. The van der Waals surface area contributed by atoms with Gasteiger partial charge < -0.3 is 10.5 Å². The second-order valence-corrected chi connectivity index (χ2v) is 6.56. The van der Waals surface area contributed by atoms with Crippen molar-refractivity contribution >= 4 is 0 Å². The normalized spacial score (nSPS) is 13.0. The summed E-state index contributed by atoms with van der Waals surface area (Å²) in [5.74, 6) is 0.911. The Kier molecular flexibility index (Phi) is 4.69. The predicted molar refractivity (Wildman–Crippen MR) is 88.7 cm³/mol. The standard InChI is InChI=1S/C19H25NO/c1-14-12-16(19(2,3)4)10-11-18(14)21-13-17(20)15-8-6-5-7-9-15/h5-12,17H,13,20H2,1-4H3. The molecule has 0 aliphatic heterocycles. The van der Waals surface area contributed by atoms with E-state index < -0.39 is 0 Å². The zero-order chi connectivity index (χ0) is 15.5. The van der Waals surface area contributed by atoms with E-state index >= 15 is 0 Å². The van der Waals surface area contributed by atoms with Gasteiger partial charge in [0, 0.05) is 0 Å². The van der Waals surface area contributed by atoms with E-state index in [1.807, 2.05) is 36.4 Å². The van der Waals surface area contributed by atoms with Gasteiger partial charge in [0.2, 0.25) is 0 Å². The topological polar surface area (TPSA) is 35.2 Å². The van der Waals surface area contributed by atoms with Gasteiger partial charge in [0.1, 0.15) is 12.4 Å². The van der Waals surface area contributed by atoms with Crippen LogP contribution >= 0.6 is 0 Å². The number of ether oxygens (including phenoxy) is 1. The lowest BCUT2D eigenvalue weighted by Crippen LogP contribution is -2.19. The molecule has 2 rings (SSSR count). The van der Waals surface area contributed by atoms with Gasteiger partial charge in [-0.2, -0.15) is 0 Å². The van der Waals surface area contributed by atoms with Gasteiger partial charge in [0.05, 0.1) is 6.04 Å². The first-order chi connectivity index (χ1) is 9.88. The van der Waals surface area contributed by atoms with Crippen LogP contribution in [-0.2, 0) is 5.41 Å². The molecule has 0 amide bonds. The SMILES string of the molecule is Cc1cc(C(C)(C)C)ccc1OCC(N)c1ccccc1. The third-order valence-electron chi connectivity index (χ3n) is 3.69. The molecule has 0 spiro atoms.